The van der Waals surface area contributed by atoms with Gasteiger partial charge in [-0.15, -0.1) is 0 Å². The van der Waals surface area contributed by atoms with Crippen LogP contribution >= 0.6 is 0 Å². The third-order valence-electron chi connectivity index (χ3n) is 7.83. The molecule has 4 heterocycles. The molecule has 1 amide bonds. The normalized spacial score (nSPS) is 23.4. The van der Waals surface area contributed by atoms with E-state index in [0.29, 0.717) is 59.7 Å². The predicted octanol–water partition coefficient (Wildman–Crippen LogP) is 2.74. The van der Waals surface area contributed by atoms with Crippen LogP contribution < -0.4 is 21.1 Å². The molecule has 36 heavy (non-hydrogen) atoms. The lowest BCUT2D eigenvalue weighted by Crippen LogP contribution is -2.32. The molecular weight excluding hydrogens is 458 g/mol. The number of aromatic nitrogens is 4. The van der Waals surface area contributed by atoms with Gasteiger partial charge in [-0.25, -0.2) is 9.97 Å². The van der Waals surface area contributed by atoms with E-state index in [1.807, 2.05) is 6.07 Å². The molecule has 3 aliphatic rings. The van der Waals surface area contributed by atoms with Gasteiger partial charge in [-0.05, 0) is 62.6 Å². The van der Waals surface area contributed by atoms with Crippen LogP contribution in [-0.4, -0.2) is 50.8 Å². The van der Waals surface area contributed by atoms with E-state index in [4.69, 9.17) is 4.98 Å². The number of nitrogens with one attached hydrogen (secondary N) is 2. The van der Waals surface area contributed by atoms with E-state index in [1.54, 1.807) is 34.9 Å². The van der Waals surface area contributed by atoms with E-state index in [1.165, 1.54) is 6.92 Å². The van der Waals surface area contributed by atoms with E-state index in [0.717, 1.165) is 31.5 Å². The maximum atomic E-state index is 13.5. The Morgan fingerprint density at radius 1 is 1.14 bits per heavy atom. The first-order valence-electron chi connectivity index (χ1n) is 12.6. The summed E-state index contributed by atoms with van der Waals surface area (Å²) < 4.78 is 1.75. The molecule has 6 rings (SSSR count). The maximum Gasteiger partial charge on any atom is 0.263 e. The SMILES string of the molecule is CC(=O)c1c(C)c2cnc(Nc3ccc(N4CCNCCC4=O)cn3)nc2n(C2CCC3CC32)c1=O. The van der Waals surface area contributed by atoms with Gasteiger partial charge in [0.25, 0.3) is 5.56 Å². The molecule has 2 N–H and O–H groups in total. The highest BCUT2D eigenvalue weighted by molar-refractivity contribution is 5.99. The number of hydrogen-bond acceptors (Lipinski definition) is 8. The number of aryl methyl sites for hydroxylation is 1. The molecule has 0 radical (unpaired) electrons. The Balaban J connectivity index is 1.35. The maximum absolute atomic E-state index is 13.5. The van der Waals surface area contributed by atoms with Crippen molar-refractivity contribution in [2.24, 2.45) is 11.8 Å². The second-order valence-corrected chi connectivity index (χ2v) is 10.0. The first-order chi connectivity index (χ1) is 17.4. The third kappa shape index (κ3) is 3.85. The number of fused-ring (bicyclic) bond motifs is 2. The predicted molar refractivity (Wildman–Crippen MR) is 136 cm³/mol. The number of pyridine rings is 2. The van der Waals surface area contributed by atoms with Gasteiger partial charge in [0.1, 0.15) is 11.5 Å². The number of hydrogen-bond donors (Lipinski definition) is 2. The highest BCUT2D eigenvalue weighted by atomic mass is 16.2. The Kier molecular flexibility index (Phi) is 5.55. The van der Waals surface area contributed by atoms with Gasteiger partial charge in [0.2, 0.25) is 11.9 Å². The van der Waals surface area contributed by atoms with Crippen LogP contribution in [0.4, 0.5) is 17.5 Å². The van der Waals surface area contributed by atoms with E-state index < -0.39 is 0 Å². The van der Waals surface area contributed by atoms with Gasteiger partial charge >= 0.3 is 0 Å². The zero-order chi connectivity index (χ0) is 25.0. The monoisotopic (exact) mass is 487 g/mol. The molecule has 2 saturated carbocycles. The Labute approximate surface area is 208 Å². The number of ketones is 1. The van der Waals surface area contributed by atoms with Crippen molar-refractivity contribution >= 4 is 40.2 Å². The van der Waals surface area contributed by atoms with Gasteiger partial charge < -0.3 is 15.5 Å². The highest BCUT2D eigenvalue weighted by Gasteiger charge is 2.49. The van der Waals surface area contributed by atoms with Crippen molar-refractivity contribution in [3.8, 4) is 0 Å². The lowest BCUT2D eigenvalue weighted by Gasteiger charge is -2.21. The number of rotatable bonds is 5. The first-order valence-corrected chi connectivity index (χ1v) is 12.6. The molecule has 0 bridgehead atoms. The van der Waals surface area contributed by atoms with Crippen LogP contribution in [0, 0.1) is 18.8 Å². The van der Waals surface area contributed by atoms with Crippen LogP contribution in [0.15, 0.2) is 29.3 Å². The van der Waals surface area contributed by atoms with Crippen molar-refractivity contribution in [2.75, 3.05) is 29.9 Å². The average Bonchev–Trinajstić information content (AvgIpc) is 3.57. The van der Waals surface area contributed by atoms with Crippen molar-refractivity contribution in [2.45, 2.75) is 45.6 Å². The molecule has 3 aromatic rings. The van der Waals surface area contributed by atoms with Gasteiger partial charge in [0, 0.05) is 43.7 Å². The van der Waals surface area contributed by atoms with E-state index in [2.05, 4.69) is 20.6 Å². The van der Waals surface area contributed by atoms with Crippen LogP contribution in [-0.2, 0) is 4.79 Å². The minimum atomic E-state index is -0.256. The summed E-state index contributed by atoms with van der Waals surface area (Å²) >= 11 is 0. The van der Waals surface area contributed by atoms with Gasteiger partial charge in [-0.1, -0.05) is 0 Å². The molecular formula is C26H29N7O3. The summed E-state index contributed by atoms with van der Waals surface area (Å²) in [6, 6.07) is 3.70. The minimum Gasteiger partial charge on any atom is -0.314 e. The van der Waals surface area contributed by atoms with Crippen molar-refractivity contribution in [1.82, 2.24) is 24.8 Å². The largest absolute Gasteiger partial charge is 0.314 e. The van der Waals surface area contributed by atoms with Crippen LogP contribution in [0.5, 0.6) is 0 Å². The van der Waals surface area contributed by atoms with Crippen LogP contribution in [0.25, 0.3) is 11.0 Å². The fourth-order valence-corrected chi connectivity index (χ4v) is 5.89. The highest BCUT2D eigenvalue weighted by Crippen LogP contribution is 2.57. The molecule has 2 aliphatic carbocycles. The Bertz CT molecular complexity index is 1430. The molecule has 0 spiro atoms. The Hall–Kier alpha value is -3.66. The summed E-state index contributed by atoms with van der Waals surface area (Å²) in [7, 11) is 0. The fraction of sp³-hybridized carbons (Fsp3) is 0.462. The van der Waals surface area contributed by atoms with Crippen molar-refractivity contribution in [1.29, 1.82) is 0 Å². The van der Waals surface area contributed by atoms with Crippen molar-refractivity contribution < 1.29 is 9.59 Å². The minimum absolute atomic E-state index is 0.0597. The molecule has 3 atom stereocenters. The lowest BCUT2D eigenvalue weighted by atomic mass is 10.0. The van der Waals surface area contributed by atoms with Crippen LogP contribution in [0.2, 0.25) is 0 Å². The summed E-state index contributed by atoms with van der Waals surface area (Å²) in [6.45, 7) is 5.25. The third-order valence-corrected chi connectivity index (χ3v) is 7.83. The van der Waals surface area contributed by atoms with Crippen LogP contribution in [0.3, 0.4) is 0 Å². The van der Waals surface area contributed by atoms with Crippen molar-refractivity contribution in [3.63, 3.8) is 0 Å². The number of Topliss-reactive ketones (excluding diaryl/α,β-unsaturated/α-hetero) is 1. The van der Waals surface area contributed by atoms with Crippen LogP contribution in [0.1, 0.15) is 54.6 Å². The topological polar surface area (TPSA) is 122 Å². The molecule has 10 heteroatoms. The summed E-state index contributed by atoms with van der Waals surface area (Å²) in [4.78, 5) is 53.7. The molecule has 10 nitrogen and oxygen atoms in total. The summed E-state index contributed by atoms with van der Waals surface area (Å²) in [6.07, 6.45) is 6.96. The molecule has 3 unspecified atom stereocenters. The van der Waals surface area contributed by atoms with Gasteiger partial charge in [-0.3, -0.25) is 19.0 Å². The lowest BCUT2D eigenvalue weighted by molar-refractivity contribution is -0.118. The number of carbonyl (C=O) groups is 2. The molecule has 3 fully saturated rings. The molecule has 1 aliphatic heterocycles. The van der Waals surface area contributed by atoms with Crippen molar-refractivity contribution in [3.05, 3.63) is 46.0 Å². The van der Waals surface area contributed by atoms with Gasteiger partial charge in [0.05, 0.1) is 17.4 Å². The van der Waals surface area contributed by atoms with E-state index in [9.17, 15) is 14.4 Å². The smallest absolute Gasteiger partial charge is 0.263 e. The number of anilines is 3. The summed E-state index contributed by atoms with van der Waals surface area (Å²) in [5, 5.41) is 7.08. The quantitative estimate of drug-likeness (QED) is 0.527. The first kappa shape index (κ1) is 22.8. The van der Waals surface area contributed by atoms with Gasteiger partial charge in [0.15, 0.2) is 5.78 Å². The zero-order valence-electron chi connectivity index (χ0n) is 20.5. The second-order valence-electron chi connectivity index (χ2n) is 10.0. The van der Waals surface area contributed by atoms with E-state index in [-0.39, 0.29) is 28.9 Å². The number of nitrogens with zero attached hydrogens (tertiary/aromatic N) is 5. The number of carbonyl (C=O) groups excluding carboxylic acids is 2. The fourth-order valence-electron chi connectivity index (χ4n) is 5.89. The molecule has 0 aromatic carbocycles. The Morgan fingerprint density at radius 2 is 2.00 bits per heavy atom. The average molecular weight is 488 g/mol. The Morgan fingerprint density at radius 3 is 2.69 bits per heavy atom. The molecule has 186 valence electrons. The van der Waals surface area contributed by atoms with E-state index >= 15 is 0 Å². The summed E-state index contributed by atoms with van der Waals surface area (Å²) in [5.74, 6) is 1.85. The standard InChI is InChI=1S/C26H29N7O3/c1-14-19-13-29-26(30-21-6-4-17(12-28-21)32-10-9-27-8-7-22(32)35)31-24(19)33(25(36)23(14)15(2)34)20-5-3-16-11-18(16)20/h4,6,12-13,16,18,20,27H,3,5,7-11H2,1-2H3,(H,28,29,30,31). The van der Waals surface area contributed by atoms with Gasteiger partial charge in [-0.2, -0.15) is 4.98 Å². The molecule has 3 aromatic heterocycles. The second kappa shape index (κ2) is 8.77. The zero-order valence-corrected chi connectivity index (χ0v) is 20.5. The summed E-state index contributed by atoms with van der Waals surface area (Å²) in [5.41, 5.74) is 1.89. The molecule has 1 saturated heterocycles. The number of amides is 1.